The van der Waals surface area contributed by atoms with E-state index in [2.05, 4.69) is 4.62 Å². The van der Waals surface area contributed by atoms with Gasteiger partial charge in [0, 0.05) is 14.1 Å². The predicted molar refractivity (Wildman–Crippen MR) is 34.1 cm³/mol. The molecule has 3 nitrogen and oxygen atoms in total. The zero-order valence-corrected chi connectivity index (χ0v) is 6.87. The first-order valence-corrected chi connectivity index (χ1v) is 5.22. The Hall–Kier alpha value is 0.730. The minimum absolute atomic E-state index is 1.18. The van der Waals surface area contributed by atoms with Crippen LogP contribution in [0.1, 0.15) is 0 Å². The molecule has 0 aliphatic rings. The summed E-state index contributed by atoms with van der Waals surface area (Å²) in [4.78, 5) is 0. The first kappa shape index (κ1) is 8.73. The highest BCUT2D eigenvalue weighted by Gasteiger charge is 2.15. The summed E-state index contributed by atoms with van der Waals surface area (Å²) in [5, 5.41) is 1.18. The summed E-state index contributed by atoms with van der Waals surface area (Å²) in [5.41, 5.74) is 0. The third kappa shape index (κ3) is 6.73. The Labute approximate surface area is 57.5 Å². The second-order valence-corrected chi connectivity index (χ2v) is 5.49. The molecule has 0 saturated carbocycles. The maximum absolute atomic E-state index is 10.3. The van der Waals surface area contributed by atoms with Crippen molar-refractivity contribution in [2.45, 2.75) is 0 Å². The van der Waals surface area contributed by atoms with Gasteiger partial charge in [0.05, 0.1) is 0 Å². The van der Waals surface area contributed by atoms with E-state index in [1.165, 1.54) is 19.2 Å². The maximum atomic E-state index is 10.3. The van der Waals surface area contributed by atoms with Crippen LogP contribution in [0, 0.1) is 0 Å². The fourth-order valence-electron chi connectivity index (χ4n) is 0.190. The molecule has 8 heavy (non-hydrogen) atoms. The number of hydroxylamine groups is 2. The van der Waals surface area contributed by atoms with E-state index in [4.69, 9.17) is 22.5 Å². The van der Waals surface area contributed by atoms with Crippen molar-refractivity contribution in [2.75, 3.05) is 14.1 Å². The van der Waals surface area contributed by atoms with Crippen molar-refractivity contribution in [1.82, 2.24) is 5.06 Å². The number of hydrogen-bond donors (Lipinski definition) is 0. The molecule has 0 aromatic rings. The maximum Gasteiger partial charge on any atom is 0.396 e. The van der Waals surface area contributed by atoms with Crippen molar-refractivity contribution < 1.29 is 9.19 Å². The molecule has 0 aromatic heterocycles. The third-order valence-electron chi connectivity index (χ3n) is 0.258. The molecular formula is C2H6Cl2NO2P. The fraction of sp³-hybridized carbons (Fsp3) is 1.00. The lowest BCUT2D eigenvalue weighted by Gasteiger charge is -2.08. The molecule has 0 bridgehead atoms. The Morgan fingerprint density at radius 3 is 1.88 bits per heavy atom. The Kier molecular flexibility index (Phi) is 3.32. The van der Waals surface area contributed by atoms with Crippen molar-refractivity contribution >= 4 is 28.6 Å². The van der Waals surface area contributed by atoms with Crippen molar-refractivity contribution in [3.63, 3.8) is 0 Å². The molecule has 0 unspecified atom stereocenters. The molecule has 0 radical (unpaired) electrons. The van der Waals surface area contributed by atoms with E-state index >= 15 is 0 Å². The normalized spacial score (nSPS) is 12.6. The highest BCUT2D eigenvalue weighted by molar-refractivity contribution is 8.05. The molecule has 6 heteroatoms. The number of nitrogens with zero attached hydrogens (tertiary/aromatic N) is 1. The smallest absolute Gasteiger partial charge is 0.255 e. The zero-order chi connectivity index (χ0) is 6.78. The van der Waals surface area contributed by atoms with E-state index in [1.807, 2.05) is 0 Å². The van der Waals surface area contributed by atoms with Crippen LogP contribution in [-0.2, 0) is 9.19 Å². The largest absolute Gasteiger partial charge is 0.396 e. The summed E-state index contributed by atoms with van der Waals surface area (Å²) in [6, 6.07) is 0. The standard InChI is InChI=1S/C2H6Cl2NO2P/c1-5(2)7-8(3,4)6/h1-2H3. The van der Waals surface area contributed by atoms with Crippen molar-refractivity contribution in [3.05, 3.63) is 0 Å². The fourth-order valence-corrected chi connectivity index (χ4v) is 1.31. The van der Waals surface area contributed by atoms with E-state index in [-0.39, 0.29) is 0 Å². The van der Waals surface area contributed by atoms with Crippen molar-refractivity contribution in [2.24, 2.45) is 0 Å². The Morgan fingerprint density at radius 2 is 1.88 bits per heavy atom. The van der Waals surface area contributed by atoms with Crippen LogP contribution in [0.4, 0.5) is 0 Å². The summed E-state index contributed by atoms with van der Waals surface area (Å²) in [7, 11) is 3.08. The van der Waals surface area contributed by atoms with Gasteiger partial charge in [-0.05, 0) is 22.5 Å². The molecule has 50 valence electrons. The molecule has 0 spiro atoms. The lowest BCUT2D eigenvalue weighted by Crippen LogP contribution is -2.07. The van der Waals surface area contributed by atoms with E-state index in [0.29, 0.717) is 0 Å². The van der Waals surface area contributed by atoms with Gasteiger partial charge in [0.2, 0.25) is 0 Å². The second-order valence-electron chi connectivity index (χ2n) is 1.31. The average molecular weight is 178 g/mol. The number of rotatable bonds is 2. The molecule has 0 atom stereocenters. The van der Waals surface area contributed by atoms with Gasteiger partial charge in [0.1, 0.15) is 0 Å². The minimum Gasteiger partial charge on any atom is -0.255 e. The van der Waals surface area contributed by atoms with Crippen LogP contribution in [0.25, 0.3) is 0 Å². The van der Waals surface area contributed by atoms with Crippen LogP contribution in [0.15, 0.2) is 0 Å². The summed E-state index contributed by atoms with van der Waals surface area (Å²) in [5.74, 6) is 0. The lowest BCUT2D eigenvalue weighted by atomic mass is 11.2. The zero-order valence-electron chi connectivity index (χ0n) is 4.47. The van der Waals surface area contributed by atoms with Crippen LogP contribution in [0.5, 0.6) is 0 Å². The second kappa shape index (κ2) is 3.04. The van der Waals surface area contributed by atoms with Gasteiger partial charge in [-0.25, -0.2) is 4.62 Å². The summed E-state index contributed by atoms with van der Waals surface area (Å²) >= 11 is 9.97. The van der Waals surface area contributed by atoms with Gasteiger partial charge in [-0.3, -0.25) is 4.57 Å². The predicted octanol–water partition coefficient (Wildman–Crippen LogP) is 2.07. The molecule has 0 saturated heterocycles. The molecule has 0 aromatic carbocycles. The number of hydrogen-bond acceptors (Lipinski definition) is 3. The van der Waals surface area contributed by atoms with Gasteiger partial charge in [0.25, 0.3) is 0 Å². The molecule has 0 heterocycles. The van der Waals surface area contributed by atoms with Gasteiger partial charge in [-0.2, -0.15) is 5.06 Å². The first-order chi connectivity index (χ1) is 3.42. The van der Waals surface area contributed by atoms with Crippen LogP contribution < -0.4 is 0 Å². The Bertz CT molecular complexity index is 111. The summed E-state index contributed by atoms with van der Waals surface area (Å²) < 4.78 is 14.6. The van der Waals surface area contributed by atoms with E-state index in [0.717, 1.165) is 0 Å². The van der Waals surface area contributed by atoms with Gasteiger partial charge >= 0.3 is 6.07 Å². The van der Waals surface area contributed by atoms with Crippen LogP contribution in [0.3, 0.4) is 0 Å². The lowest BCUT2D eigenvalue weighted by molar-refractivity contribution is 0.00821. The van der Waals surface area contributed by atoms with Crippen LogP contribution >= 0.6 is 28.6 Å². The highest BCUT2D eigenvalue weighted by atomic mass is 35.9. The van der Waals surface area contributed by atoms with Crippen molar-refractivity contribution in [3.8, 4) is 0 Å². The molecule has 0 aliphatic carbocycles. The monoisotopic (exact) mass is 177 g/mol. The van der Waals surface area contributed by atoms with Crippen molar-refractivity contribution in [1.29, 1.82) is 0 Å². The van der Waals surface area contributed by atoms with Crippen LogP contribution in [-0.4, -0.2) is 19.2 Å². The Balaban J connectivity index is 3.56. The summed E-state index contributed by atoms with van der Waals surface area (Å²) in [6.07, 6.45) is -3.35. The third-order valence-corrected chi connectivity index (χ3v) is 1.15. The van der Waals surface area contributed by atoms with Gasteiger partial charge in [-0.15, -0.1) is 0 Å². The molecule has 0 rings (SSSR count). The quantitative estimate of drug-likeness (QED) is 0.478. The van der Waals surface area contributed by atoms with Crippen LogP contribution in [0.2, 0.25) is 0 Å². The van der Waals surface area contributed by atoms with E-state index in [9.17, 15) is 4.57 Å². The van der Waals surface area contributed by atoms with Gasteiger partial charge in [-0.1, -0.05) is 0 Å². The minimum atomic E-state index is -3.35. The molecule has 0 fully saturated rings. The Morgan fingerprint density at radius 1 is 1.50 bits per heavy atom. The molecule has 0 amide bonds. The van der Waals surface area contributed by atoms with E-state index in [1.54, 1.807) is 0 Å². The molecule has 0 aliphatic heterocycles. The van der Waals surface area contributed by atoms with Gasteiger partial charge in [0.15, 0.2) is 0 Å². The summed E-state index contributed by atoms with van der Waals surface area (Å²) in [6.45, 7) is 0. The highest BCUT2D eigenvalue weighted by Crippen LogP contribution is 2.57. The topological polar surface area (TPSA) is 29.5 Å². The number of halogens is 2. The SMILES string of the molecule is CN(C)OP(=O)(Cl)Cl. The van der Waals surface area contributed by atoms with E-state index < -0.39 is 6.07 Å². The molecule has 0 N–H and O–H groups in total. The first-order valence-electron chi connectivity index (χ1n) is 1.78. The van der Waals surface area contributed by atoms with Gasteiger partial charge < -0.3 is 0 Å². The molecular weight excluding hydrogens is 172 g/mol. The average Bonchev–Trinajstić information content (AvgIpc) is 1.21.